The van der Waals surface area contributed by atoms with Gasteiger partial charge in [0.25, 0.3) is 0 Å². The van der Waals surface area contributed by atoms with E-state index in [1.807, 2.05) is 97.7 Å². The summed E-state index contributed by atoms with van der Waals surface area (Å²) in [5.74, 6) is 2.05. The Morgan fingerprint density at radius 2 is 1.58 bits per heavy atom. The van der Waals surface area contributed by atoms with E-state index in [-0.39, 0.29) is 6.04 Å². The van der Waals surface area contributed by atoms with Gasteiger partial charge in [0.15, 0.2) is 0 Å². The number of nitrogens with zero attached hydrogens (tertiary/aromatic N) is 3. The van der Waals surface area contributed by atoms with Crippen molar-refractivity contribution in [2.45, 2.75) is 19.1 Å². The molecule has 0 aliphatic carbocycles. The second-order valence-corrected chi connectivity index (χ2v) is 7.43. The lowest BCUT2D eigenvalue weighted by Crippen LogP contribution is -2.25. The van der Waals surface area contributed by atoms with Crippen LogP contribution in [0.4, 0.5) is 17.5 Å². The Hall–Kier alpha value is -3.64. The third-order valence-corrected chi connectivity index (χ3v) is 5.33. The molecule has 2 atom stereocenters. The van der Waals surface area contributed by atoms with E-state index < -0.39 is 6.10 Å². The van der Waals surface area contributed by atoms with Crippen molar-refractivity contribution in [2.24, 2.45) is 0 Å². The van der Waals surface area contributed by atoms with Crippen LogP contribution >= 0.6 is 0 Å². The minimum Gasteiger partial charge on any atom is -0.497 e. The van der Waals surface area contributed by atoms with E-state index in [0.717, 1.165) is 33.7 Å². The summed E-state index contributed by atoms with van der Waals surface area (Å²) in [6.45, 7) is 1.92. The molecule has 2 N–H and O–H groups in total. The van der Waals surface area contributed by atoms with Gasteiger partial charge in [-0.3, -0.25) is 0 Å². The first-order valence-electron chi connectivity index (χ1n) is 10.2. The van der Waals surface area contributed by atoms with Gasteiger partial charge in [-0.15, -0.1) is 0 Å². The lowest BCUT2D eigenvalue weighted by Gasteiger charge is -2.24. The molecule has 0 unspecified atom stereocenters. The van der Waals surface area contributed by atoms with Gasteiger partial charge in [-0.2, -0.15) is 4.98 Å². The zero-order valence-corrected chi connectivity index (χ0v) is 17.9. The van der Waals surface area contributed by atoms with Gasteiger partial charge < -0.3 is 20.1 Å². The number of rotatable bonds is 7. The molecule has 0 radical (unpaired) electrons. The zero-order valence-electron chi connectivity index (χ0n) is 17.9. The molecule has 4 aromatic rings. The van der Waals surface area contributed by atoms with Crippen molar-refractivity contribution in [3.8, 4) is 5.75 Å². The van der Waals surface area contributed by atoms with E-state index in [1.165, 1.54) is 0 Å². The van der Waals surface area contributed by atoms with Crippen LogP contribution in [-0.2, 0) is 0 Å². The number of fused-ring (bicyclic) bond motifs is 1. The highest BCUT2D eigenvalue weighted by Gasteiger charge is 2.19. The minimum absolute atomic E-state index is 0.275. The van der Waals surface area contributed by atoms with Gasteiger partial charge in [-0.1, -0.05) is 42.5 Å². The number of nitrogens with one attached hydrogen (secondary N) is 1. The van der Waals surface area contributed by atoms with Crippen LogP contribution in [0.25, 0.3) is 10.9 Å². The van der Waals surface area contributed by atoms with Gasteiger partial charge in [0, 0.05) is 18.1 Å². The molecular weight excluding hydrogens is 388 g/mol. The Morgan fingerprint density at radius 3 is 2.29 bits per heavy atom. The van der Waals surface area contributed by atoms with Crippen LogP contribution in [0.3, 0.4) is 0 Å². The molecule has 158 valence electrons. The lowest BCUT2D eigenvalue weighted by molar-refractivity contribution is 0.160. The van der Waals surface area contributed by atoms with E-state index in [2.05, 4.69) is 10.3 Å². The van der Waals surface area contributed by atoms with E-state index >= 15 is 0 Å². The SMILES string of the molecule is COc1ccc(N(C)c2nc(N[C@@H](C)[C@H](O)c3ccccc3)nc3ccccc23)cc1. The molecule has 1 aromatic heterocycles. The summed E-state index contributed by atoms with van der Waals surface area (Å²) in [7, 11) is 3.63. The number of aliphatic hydroxyl groups is 1. The summed E-state index contributed by atoms with van der Waals surface area (Å²) < 4.78 is 5.27. The maximum absolute atomic E-state index is 10.7. The van der Waals surface area contributed by atoms with Crippen LogP contribution in [0.2, 0.25) is 0 Å². The number of methoxy groups -OCH3 is 1. The fourth-order valence-corrected chi connectivity index (χ4v) is 3.53. The highest BCUT2D eigenvalue weighted by atomic mass is 16.5. The van der Waals surface area contributed by atoms with E-state index in [9.17, 15) is 5.11 Å². The molecule has 1 heterocycles. The number of hydrogen-bond acceptors (Lipinski definition) is 6. The third kappa shape index (κ3) is 4.44. The van der Waals surface area contributed by atoms with Crippen molar-refractivity contribution in [3.63, 3.8) is 0 Å². The molecule has 31 heavy (non-hydrogen) atoms. The standard InChI is InChI=1S/C25H26N4O2/c1-17(23(30)18-9-5-4-6-10-18)26-25-27-22-12-8-7-11-21(22)24(28-25)29(2)19-13-15-20(31-3)16-14-19/h4-17,23,30H,1-3H3,(H,26,27,28)/t17-,23-/m0/s1. The van der Waals surface area contributed by atoms with Crippen molar-refractivity contribution in [2.75, 3.05) is 24.4 Å². The average Bonchev–Trinajstić information content (AvgIpc) is 2.83. The predicted molar refractivity (Wildman–Crippen MR) is 125 cm³/mol. The monoisotopic (exact) mass is 414 g/mol. The van der Waals surface area contributed by atoms with Crippen molar-refractivity contribution in [1.29, 1.82) is 0 Å². The number of hydrogen-bond donors (Lipinski definition) is 2. The molecule has 0 aliphatic rings. The molecule has 0 amide bonds. The maximum Gasteiger partial charge on any atom is 0.225 e. The fraction of sp³-hybridized carbons (Fsp3) is 0.200. The van der Waals surface area contributed by atoms with Crippen molar-refractivity contribution in [1.82, 2.24) is 9.97 Å². The number of benzene rings is 3. The summed E-state index contributed by atoms with van der Waals surface area (Å²) >= 11 is 0. The zero-order chi connectivity index (χ0) is 21.8. The first kappa shape index (κ1) is 20.6. The molecule has 4 rings (SSSR count). The third-order valence-electron chi connectivity index (χ3n) is 5.33. The Morgan fingerprint density at radius 1 is 0.903 bits per heavy atom. The first-order valence-corrected chi connectivity index (χ1v) is 10.2. The Kier molecular flexibility index (Phi) is 6.00. The quantitative estimate of drug-likeness (QED) is 0.446. The number of anilines is 3. The smallest absolute Gasteiger partial charge is 0.225 e. The summed E-state index contributed by atoms with van der Waals surface area (Å²) in [4.78, 5) is 11.5. The van der Waals surface area contributed by atoms with Gasteiger partial charge in [-0.05, 0) is 48.9 Å². The van der Waals surface area contributed by atoms with Crippen LogP contribution < -0.4 is 15.0 Å². The van der Waals surface area contributed by atoms with Crippen molar-refractivity contribution in [3.05, 3.63) is 84.4 Å². The molecule has 0 spiro atoms. The number of ether oxygens (including phenoxy) is 1. The molecule has 0 aliphatic heterocycles. The van der Waals surface area contributed by atoms with Crippen LogP contribution in [0.5, 0.6) is 5.75 Å². The summed E-state index contributed by atoms with van der Waals surface area (Å²) in [5.41, 5.74) is 2.66. The van der Waals surface area contributed by atoms with Gasteiger partial charge >= 0.3 is 0 Å². The molecule has 0 saturated heterocycles. The molecule has 6 nitrogen and oxygen atoms in total. The van der Waals surface area contributed by atoms with Crippen LogP contribution in [0, 0.1) is 0 Å². The molecular formula is C25H26N4O2. The topological polar surface area (TPSA) is 70.5 Å². The molecule has 3 aromatic carbocycles. The van der Waals surface area contributed by atoms with E-state index in [0.29, 0.717) is 5.95 Å². The lowest BCUT2D eigenvalue weighted by atomic mass is 10.0. The largest absolute Gasteiger partial charge is 0.497 e. The van der Waals surface area contributed by atoms with Crippen LogP contribution in [-0.4, -0.2) is 35.3 Å². The van der Waals surface area contributed by atoms with Gasteiger partial charge in [0.1, 0.15) is 11.6 Å². The predicted octanol–water partition coefficient (Wildman–Crippen LogP) is 4.94. The van der Waals surface area contributed by atoms with Crippen molar-refractivity contribution >= 4 is 28.4 Å². The molecule has 0 saturated carbocycles. The summed E-state index contributed by atoms with van der Waals surface area (Å²) in [5, 5.41) is 15.0. The Balaban J connectivity index is 1.67. The molecule has 6 heteroatoms. The first-order chi connectivity index (χ1) is 15.1. The average molecular weight is 415 g/mol. The van der Waals surface area contributed by atoms with Gasteiger partial charge in [0.2, 0.25) is 5.95 Å². The van der Waals surface area contributed by atoms with E-state index in [4.69, 9.17) is 9.72 Å². The highest BCUT2D eigenvalue weighted by Crippen LogP contribution is 2.31. The minimum atomic E-state index is -0.681. The van der Waals surface area contributed by atoms with E-state index in [1.54, 1.807) is 7.11 Å². The van der Waals surface area contributed by atoms with Gasteiger partial charge in [0.05, 0.1) is 24.8 Å². The van der Waals surface area contributed by atoms with Gasteiger partial charge in [-0.25, -0.2) is 4.98 Å². The molecule has 0 bridgehead atoms. The normalized spacial score (nSPS) is 12.9. The number of para-hydroxylation sites is 1. The van der Waals surface area contributed by atoms with Crippen LogP contribution in [0.1, 0.15) is 18.6 Å². The number of aliphatic hydroxyl groups excluding tert-OH is 1. The second kappa shape index (κ2) is 9.02. The second-order valence-electron chi connectivity index (χ2n) is 7.43. The summed E-state index contributed by atoms with van der Waals surface area (Å²) in [6.07, 6.45) is -0.681. The molecule has 0 fully saturated rings. The Bertz CT molecular complexity index is 1150. The highest BCUT2D eigenvalue weighted by molar-refractivity contribution is 5.92. The number of aromatic nitrogens is 2. The summed E-state index contributed by atoms with van der Waals surface area (Å²) in [6, 6.07) is 25.0. The Labute approximate surface area is 182 Å². The van der Waals surface area contributed by atoms with Crippen molar-refractivity contribution < 1.29 is 9.84 Å². The fourth-order valence-electron chi connectivity index (χ4n) is 3.53. The van der Waals surface area contributed by atoms with Crippen LogP contribution in [0.15, 0.2) is 78.9 Å². The maximum atomic E-state index is 10.7.